The molecule has 1 aromatic heterocycles. The highest BCUT2D eigenvalue weighted by atomic mass is 16.5. The lowest BCUT2D eigenvalue weighted by Gasteiger charge is -2.17. The molecule has 0 fully saturated rings. The van der Waals surface area contributed by atoms with E-state index in [9.17, 15) is 9.59 Å². The first kappa shape index (κ1) is 14.0. The summed E-state index contributed by atoms with van der Waals surface area (Å²) in [7, 11) is 0. The van der Waals surface area contributed by atoms with Gasteiger partial charge < -0.3 is 14.9 Å². The first-order valence-electron chi connectivity index (χ1n) is 6.34. The van der Waals surface area contributed by atoms with Gasteiger partial charge >= 0.3 is 5.97 Å². The Bertz CT molecular complexity index is 633. The highest BCUT2D eigenvalue weighted by Crippen LogP contribution is 2.18. The van der Waals surface area contributed by atoms with E-state index >= 15 is 0 Å². The Labute approximate surface area is 115 Å². The summed E-state index contributed by atoms with van der Waals surface area (Å²) in [5.74, 6) is -1.62. The predicted molar refractivity (Wildman–Crippen MR) is 72.1 cm³/mol. The van der Waals surface area contributed by atoms with Crippen molar-refractivity contribution in [3.63, 3.8) is 0 Å². The van der Waals surface area contributed by atoms with E-state index in [4.69, 9.17) is 9.63 Å². The lowest BCUT2D eigenvalue weighted by molar-refractivity contribution is -0.143. The maximum absolute atomic E-state index is 11.9. The monoisotopic (exact) mass is 276 g/mol. The van der Waals surface area contributed by atoms with Crippen molar-refractivity contribution in [1.82, 2.24) is 10.5 Å². The van der Waals surface area contributed by atoms with Gasteiger partial charge in [-0.25, -0.2) is 4.79 Å². The highest BCUT2D eigenvalue weighted by molar-refractivity contribution is 5.88. The lowest BCUT2D eigenvalue weighted by Crippen LogP contribution is -2.44. The van der Waals surface area contributed by atoms with Crippen molar-refractivity contribution in [2.75, 3.05) is 0 Å². The third-order valence-corrected chi connectivity index (χ3v) is 3.03. The standard InChI is InChI=1S/C14H16N2O4/c1-8(2)13(14(18)19)15-12(17)7-10-9-5-3-4-6-11(9)20-16-10/h3-6,8,13H,7H2,1-2H3,(H,15,17)(H,18,19). The zero-order valence-corrected chi connectivity index (χ0v) is 11.3. The number of nitrogens with one attached hydrogen (secondary N) is 1. The highest BCUT2D eigenvalue weighted by Gasteiger charge is 2.24. The molecule has 1 heterocycles. The Morgan fingerprint density at radius 3 is 2.70 bits per heavy atom. The number of nitrogens with zero attached hydrogens (tertiary/aromatic N) is 1. The van der Waals surface area contributed by atoms with Gasteiger partial charge in [0.05, 0.1) is 6.42 Å². The van der Waals surface area contributed by atoms with E-state index in [1.165, 1.54) is 0 Å². The van der Waals surface area contributed by atoms with E-state index in [0.717, 1.165) is 5.39 Å². The van der Waals surface area contributed by atoms with Crippen LogP contribution < -0.4 is 5.32 Å². The van der Waals surface area contributed by atoms with Crippen LogP contribution in [-0.2, 0) is 16.0 Å². The maximum atomic E-state index is 11.9. The molecule has 0 bridgehead atoms. The lowest BCUT2D eigenvalue weighted by atomic mass is 10.0. The van der Waals surface area contributed by atoms with Crippen LogP contribution in [0.3, 0.4) is 0 Å². The first-order valence-corrected chi connectivity index (χ1v) is 6.34. The fourth-order valence-corrected chi connectivity index (χ4v) is 1.96. The number of rotatable bonds is 5. The van der Waals surface area contributed by atoms with Crippen molar-refractivity contribution in [3.8, 4) is 0 Å². The molecule has 1 amide bonds. The molecule has 1 unspecified atom stereocenters. The van der Waals surface area contributed by atoms with E-state index in [-0.39, 0.29) is 18.2 Å². The van der Waals surface area contributed by atoms with Crippen molar-refractivity contribution < 1.29 is 19.2 Å². The number of hydrogen-bond donors (Lipinski definition) is 2. The van der Waals surface area contributed by atoms with Crippen molar-refractivity contribution in [3.05, 3.63) is 30.0 Å². The summed E-state index contributed by atoms with van der Waals surface area (Å²) in [6.45, 7) is 3.48. The van der Waals surface area contributed by atoms with E-state index in [1.54, 1.807) is 19.9 Å². The van der Waals surface area contributed by atoms with E-state index < -0.39 is 12.0 Å². The molecule has 0 saturated heterocycles. The molecule has 2 N–H and O–H groups in total. The second kappa shape index (κ2) is 5.73. The number of fused-ring (bicyclic) bond motifs is 1. The van der Waals surface area contributed by atoms with Gasteiger partial charge in [0.15, 0.2) is 5.58 Å². The third kappa shape index (κ3) is 2.96. The van der Waals surface area contributed by atoms with E-state index in [2.05, 4.69) is 10.5 Å². The van der Waals surface area contributed by atoms with Gasteiger partial charge in [-0.3, -0.25) is 4.79 Å². The van der Waals surface area contributed by atoms with E-state index in [1.807, 2.05) is 18.2 Å². The number of carbonyl (C=O) groups excluding carboxylic acids is 1. The summed E-state index contributed by atoms with van der Waals surface area (Å²) < 4.78 is 5.10. The van der Waals surface area contributed by atoms with Crippen molar-refractivity contribution >= 4 is 22.8 Å². The molecule has 2 rings (SSSR count). The molecule has 6 nitrogen and oxygen atoms in total. The van der Waals surface area contributed by atoms with Crippen LogP contribution in [0.1, 0.15) is 19.5 Å². The number of carboxylic acid groups (broad SMARTS) is 1. The van der Waals surface area contributed by atoms with Gasteiger partial charge in [0.1, 0.15) is 11.7 Å². The smallest absolute Gasteiger partial charge is 0.326 e. The minimum atomic E-state index is -1.04. The van der Waals surface area contributed by atoms with Gasteiger partial charge in [-0.15, -0.1) is 0 Å². The molecule has 1 atom stereocenters. The van der Waals surface area contributed by atoms with Crippen LogP contribution in [0.5, 0.6) is 0 Å². The summed E-state index contributed by atoms with van der Waals surface area (Å²) in [5, 5.41) is 16.2. The number of aromatic nitrogens is 1. The molecular formula is C14H16N2O4. The largest absolute Gasteiger partial charge is 0.480 e. The number of carbonyl (C=O) groups is 2. The number of benzene rings is 1. The first-order chi connectivity index (χ1) is 9.49. The van der Waals surface area contributed by atoms with Crippen LogP contribution in [0.15, 0.2) is 28.8 Å². The Morgan fingerprint density at radius 1 is 1.35 bits per heavy atom. The topological polar surface area (TPSA) is 92.4 Å². The Balaban J connectivity index is 2.10. The quantitative estimate of drug-likeness (QED) is 0.865. The average molecular weight is 276 g/mol. The van der Waals surface area contributed by atoms with Crippen molar-refractivity contribution in [2.45, 2.75) is 26.3 Å². The molecule has 1 aromatic carbocycles. The molecule has 0 aliphatic heterocycles. The van der Waals surface area contributed by atoms with Crippen LogP contribution in [0.4, 0.5) is 0 Å². The van der Waals surface area contributed by atoms with Gasteiger partial charge in [0.25, 0.3) is 0 Å². The molecule has 0 aliphatic rings. The molecule has 0 saturated carbocycles. The van der Waals surface area contributed by atoms with Crippen LogP contribution in [0, 0.1) is 5.92 Å². The molecule has 2 aromatic rings. The summed E-state index contributed by atoms with van der Waals surface area (Å²) in [6.07, 6.45) is -0.00644. The molecule has 0 aliphatic carbocycles. The molecule has 0 spiro atoms. The van der Waals surface area contributed by atoms with Crippen LogP contribution in [-0.4, -0.2) is 28.2 Å². The van der Waals surface area contributed by atoms with Crippen LogP contribution in [0.25, 0.3) is 11.0 Å². The van der Waals surface area contributed by atoms with Crippen LogP contribution >= 0.6 is 0 Å². The molecule has 106 valence electrons. The zero-order chi connectivity index (χ0) is 14.7. The van der Waals surface area contributed by atoms with Gasteiger partial charge in [-0.1, -0.05) is 31.1 Å². The van der Waals surface area contributed by atoms with E-state index in [0.29, 0.717) is 11.3 Å². The van der Waals surface area contributed by atoms with Gasteiger partial charge in [-0.2, -0.15) is 0 Å². The SMILES string of the molecule is CC(C)C(NC(=O)Cc1noc2ccccc12)C(=O)O. The van der Waals surface area contributed by atoms with Gasteiger partial charge in [0, 0.05) is 5.39 Å². The molecular weight excluding hydrogens is 260 g/mol. The van der Waals surface area contributed by atoms with Crippen LogP contribution in [0.2, 0.25) is 0 Å². The molecule has 6 heteroatoms. The molecule has 20 heavy (non-hydrogen) atoms. The second-order valence-electron chi connectivity index (χ2n) is 4.93. The van der Waals surface area contributed by atoms with Gasteiger partial charge in [0.2, 0.25) is 5.91 Å². The number of carboxylic acids is 1. The fourth-order valence-electron chi connectivity index (χ4n) is 1.96. The van der Waals surface area contributed by atoms with Gasteiger partial charge in [-0.05, 0) is 18.1 Å². The Morgan fingerprint density at radius 2 is 2.05 bits per heavy atom. The second-order valence-corrected chi connectivity index (χ2v) is 4.93. The number of aliphatic carboxylic acids is 1. The Kier molecular flexibility index (Phi) is 4.02. The number of hydrogen-bond acceptors (Lipinski definition) is 4. The maximum Gasteiger partial charge on any atom is 0.326 e. The average Bonchev–Trinajstić information content (AvgIpc) is 2.79. The summed E-state index contributed by atoms with van der Waals surface area (Å²) in [4.78, 5) is 23.0. The summed E-state index contributed by atoms with van der Waals surface area (Å²) >= 11 is 0. The van der Waals surface area contributed by atoms with Crippen molar-refractivity contribution in [2.24, 2.45) is 5.92 Å². The summed E-state index contributed by atoms with van der Waals surface area (Å²) in [5.41, 5.74) is 1.11. The van der Waals surface area contributed by atoms with Crippen molar-refractivity contribution in [1.29, 1.82) is 0 Å². The number of para-hydroxylation sites is 1. The number of amides is 1. The normalized spacial score (nSPS) is 12.6. The minimum Gasteiger partial charge on any atom is -0.480 e. The Hall–Kier alpha value is -2.37. The molecule has 0 radical (unpaired) electrons. The third-order valence-electron chi connectivity index (χ3n) is 3.03. The summed E-state index contributed by atoms with van der Waals surface area (Å²) in [6, 6.07) is 6.32. The fraction of sp³-hybridized carbons (Fsp3) is 0.357. The predicted octanol–water partition coefficient (Wildman–Crippen LogP) is 1.60. The minimum absolute atomic E-state index is 0.00644. The zero-order valence-electron chi connectivity index (χ0n) is 11.3.